The Balaban J connectivity index is 1.43. The number of hydrogen-bond donors (Lipinski definition) is 3. The molecule has 0 aliphatic rings. The summed E-state index contributed by atoms with van der Waals surface area (Å²) in [6.45, 7) is 5.65. The molecule has 0 aliphatic carbocycles. The minimum absolute atomic E-state index is 0.282. The summed E-state index contributed by atoms with van der Waals surface area (Å²) in [7, 11) is 1.69. The van der Waals surface area contributed by atoms with Gasteiger partial charge in [0.05, 0.1) is 5.70 Å². The van der Waals surface area contributed by atoms with Gasteiger partial charge in [-0.05, 0) is 25.1 Å². The minimum atomic E-state index is -0.408. The molecule has 166 valence electrons. The first-order valence-corrected chi connectivity index (χ1v) is 10.1. The van der Waals surface area contributed by atoms with Crippen LogP contribution >= 0.6 is 0 Å². The van der Waals surface area contributed by atoms with Crippen LogP contribution in [0, 0.1) is 6.92 Å². The Bertz CT molecular complexity index is 1320. The Morgan fingerprint density at radius 2 is 1.79 bits per heavy atom. The number of amides is 2. The highest BCUT2D eigenvalue weighted by molar-refractivity contribution is 6.03. The van der Waals surface area contributed by atoms with E-state index in [4.69, 9.17) is 4.52 Å². The largest absolute Gasteiger partial charge is 0.360 e. The summed E-state index contributed by atoms with van der Waals surface area (Å²) in [5.74, 6) is -0.288. The highest BCUT2D eigenvalue weighted by Crippen LogP contribution is 2.25. The van der Waals surface area contributed by atoms with Gasteiger partial charge in [-0.1, -0.05) is 54.2 Å². The predicted molar refractivity (Wildman–Crippen MR) is 124 cm³/mol. The highest BCUT2D eigenvalue weighted by Gasteiger charge is 2.21. The third kappa shape index (κ3) is 4.67. The molecule has 3 N–H and O–H groups in total. The summed E-state index contributed by atoms with van der Waals surface area (Å²) in [5.41, 5.74) is 9.15. The van der Waals surface area contributed by atoms with Crippen molar-refractivity contribution in [1.82, 2.24) is 25.8 Å². The molecule has 0 bridgehead atoms. The summed E-state index contributed by atoms with van der Waals surface area (Å²) in [6, 6.07) is 18.0. The average Bonchev–Trinajstić information content (AvgIpc) is 3.43. The van der Waals surface area contributed by atoms with Gasteiger partial charge in [-0.2, -0.15) is 5.10 Å². The Kier molecular flexibility index (Phi) is 6.03. The molecular formula is C24H22N6O3. The summed E-state index contributed by atoms with van der Waals surface area (Å²) >= 11 is 0. The van der Waals surface area contributed by atoms with Gasteiger partial charge in [0.1, 0.15) is 22.7 Å². The maximum Gasteiger partial charge on any atom is 0.275 e. The summed E-state index contributed by atoms with van der Waals surface area (Å²) < 4.78 is 6.74. The van der Waals surface area contributed by atoms with Crippen molar-refractivity contribution in [2.45, 2.75) is 6.92 Å². The van der Waals surface area contributed by atoms with Crippen LogP contribution in [-0.2, 0) is 7.05 Å². The van der Waals surface area contributed by atoms with Gasteiger partial charge >= 0.3 is 0 Å². The van der Waals surface area contributed by atoms with Gasteiger partial charge in [0.2, 0.25) is 0 Å². The van der Waals surface area contributed by atoms with E-state index in [1.165, 1.54) is 4.68 Å². The quantitative estimate of drug-likeness (QED) is 0.377. The number of carbonyl (C=O) groups excluding carboxylic acids is 2. The van der Waals surface area contributed by atoms with E-state index in [2.05, 4.69) is 33.0 Å². The molecule has 0 aliphatic heterocycles. The van der Waals surface area contributed by atoms with E-state index in [1.807, 2.05) is 30.3 Å². The lowest BCUT2D eigenvalue weighted by atomic mass is 10.1. The van der Waals surface area contributed by atoms with Crippen molar-refractivity contribution in [3.63, 3.8) is 0 Å². The lowest BCUT2D eigenvalue weighted by Crippen LogP contribution is -2.36. The zero-order valence-corrected chi connectivity index (χ0v) is 18.1. The average molecular weight is 442 g/mol. The molecule has 9 nitrogen and oxygen atoms in total. The standard InChI is InChI=1S/C24H22N6O3/c1-15(18-10-7-11-19(14-18)26-23(31)20-12-13-25-30(20)3)27-28-24(32)21-16(2)33-29-22(21)17-8-5-4-6-9-17/h4-14,27H,1H2,2-3H3,(H,26,31)(H,28,32). The first-order valence-electron chi connectivity index (χ1n) is 10.1. The van der Waals surface area contributed by atoms with E-state index in [0.717, 1.165) is 5.56 Å². The fraction of sp³-hybridized carbons (Fsp3) is 0.0833. The van der Waals surface area contributed by atoms with Crippen LogP contribution in [0.25, 0.3) is 17.0 Å². The molecule has 2 aromatic carbocycles. The van der Waals surface area contributed by atoms with E-state index in [9.17, 15) is 9.59 Å². The van der Waals surface area contributed by atoms with Crippen LogP contribution in [0.3, 0.4) is 0 Å². The molecule has 33 heavy (non-hydrogen) atoms. The van der Waals surface area contributed by atoms with Crippen molar-refractivity contribution in [3.8, 4) is 11.3 Å². The molecule has 0 spiro atoms. The Morgan fingerprint density at radius 1 is 1.00 bits per heavy atom. The van der Waals surface area contributed by atoms with Crippen molar-refractivity contribution < 1.29 is 14.1 Å². The number of hydrazine groups is 1. The van der Waals surface area contributed by atoms with Crippen LogP contribution in [0.5, 0.6) is 0 Å². The number of carbonyl (C=O) groups is 2. The summed E-state index contributed by atoms with van der Waals surface area (Å²) in [5, 5.41) is 10.8. The number of nitrogens with zero attached hydrogens (tertiary/aromatic N) is 3. The second-order valence-electron chi connectivity index (χ2n) is 7.26. The maximum atomic E-state index is 12.9. The van der Waals surface area contributed by atoms with Crippen LogP contribution in [0.4, 0.5) is 5.69 Å². The fourth-order valence-corrected chi connectivity index (χ4v) is 3.28. The number of nitrogens with one attached hydrogen (secondary N) is 3. The Labute approximate surface area is 190 Å². The molecule has 0 saturated carbocycles. The summed E-state index contributed by atoms with van der Waals surface area (Å²) in [4.78, 5) is 25.3. The van der Waals surface area contributed by atoms with Crippen LogP contribution in [0.2, 0.25) is 0 Å². The van der Waals surface area contributed by atoms with Crippen LogP contribution in [-0.4, -0.2) is 26.8 Å². The SMILES string of the molecule is C=C(NNC(=O)c1c(-c2ccccc2)noc1C)c1cccc(NC(=O)c2ccnn2C)c1. The predicted octanol–water partition coefficient (Wildman–Crippen LogP) is 3.54. The molecule has 2 heterocycles. The topological polar surface area (TPSA) is 114 Å². The molecule has 0 saturated heterocycles. The number of aryl methyl sites for hydroxylation is 2. The zero-order chi connectivity index (χ0) is 23.4. The third-order valence-corrected chi connectivity index (χ3v) is 4.99. The van der Waals surface area contributed by atoms with E-state index in [1.54, 1.807) is 50.5 Å². The van der Waals surface area contributed by atoms with Crippen molar-refractivity contribution in [3.05, 3.63) is 96.0 Å². The van der Waals surface area contributed by atoms with Crippen LogP contribution in [0.15, 0.2) is 78.0 Å². The lowest BCUT2D eigenvalue weighted by molar-refractivity contribution is 0.0940. The van der Waals surface area contributed by atoms with Gasteiger partial charge < -0.3 is 9.84 Å². The molecule has 4 rings (SSSR count). The van der Waals surface area contributed by atoms with E-state index in [0.29, 0.717) is 39.7 Å². The monoisotopic (exact) mass is 442 g/mol. The van der Waals surface area contributed by atoms with E-state index < -0.39 is 5.91 Å². The second kappa shape index (κ2) is 9.23. The van der Waals surface area contributed by atoms with Gasteiger partial charge in [-0.15, -0.1) is 0 Å². The lowest BCUT2D eigenvalue weighted by Gasteiger charge is -2.13. The Morgan fingerprint density at radius 3 is 2.52 bits per heavy atom. The number of benzene rings is 2. The maximum absolute atomic E-state index is 12.9. The van der Waals surface area contributed by atoms with Gasteiger partial charge in [-0.3, -0.25) is 25.1 Å². The van der Waals surface area contributed by atoms with Gasteiger partial charge in [-0.25, -0.2) is 0 Å². The normalized spacial score (nSPS) is 10.5. The number of hydrogen-bond acceptors (Lipinski definition) is 6. The molecule has 0 fully saturated rings. The Hall–Kier alpha value is -4.66. The van der Waals surface area contributed by atoms with Crippen LogP contribution < -0.4 is 16.2 Å². The van der Waals surface area contributed by atoms with Crippen LogP contribution in [0.1, 0.15) is 32.2 Å². The molecule has 2 aromatic heterocycles. The number of aromatic nitrogens is 3. The highest BCUT2D eigenvalue weighted by atomic mass is 16.5. The number of rotatable bonds is 7. The van der Waals surface area contributed by atoms with Crippen molar-refractivity contribution in [2.24, 2.45) is 7.05 Å². The van der Waals surface area contributed by atoms with Crippen molar-refractivity contribution in [2.75, 3.05) is 5.32 Å². The third-order valence-electron chi connectivity index (χ3n) is 4.99. The van der Waals surface area contributed by atoms with E-state index in [-0.39, 0.29) is 5.91 Å². The molecule has 0 atom stereocenters. The zero-order valence-electron chi connectivity index (χ0n) is 18.1. The minimum Gasteiger partial charge on any atom is -0.360 e. The molecule has 0 radical (unpaired) electrons. The molecule has 9 heteroatoms. The molecule has 4 aromatic rings. The van der Waals surface area contributed by atoms with Crippen molar-refractivity contribution in [1.29, 1.82) is 0 Å². The van der Waals surface area contributed by atoms with Gasteiger partial charge in [0.25, 0.3) is 11.8 Å². The smallest absolute Gasteiger partial charge is 0.275 e. The number of anilines is 1. The molecule has 0 unspecified atom stereocenters. The fourth-order valence-electron chi connectivity index (χ4n) is 3.28. The summed E-state index contributed by atoms with van der Waals surface area (Å²) in [6.07, 6.45) is 1.56. The second-order valence-corrected chi connectivity index (χ2v) is 7.26. The van der Waals surface area contributed by atoms with E-state index >= 15 is 0 Å². The molecule has 2 amide bonds. The first-order chi connectivity index (χ1) is 15.9. The van der Waals surface area contributed by atoms with Crippen molar-refractivity contribution >= 4 is 23.2 Å². The van der Waals surface area contributed by atoms with Gasteiger partial charge in [0.15, 0.2) is 0 Å². The molecular weight excluding hydrogens is 420 g/mol. The first kappa shape index (κ1) is 21.6. The van der Waals surface area contributed by atoms with Gasteiger partial charge in [0, 0.05) is 30.1 Å².